The predicted octanol–water partition coefficient (Wildman–Crippen LogP) is 2.67. The topological polar surface area (TPSA) is 36.4 Å². The van der Waals surface area contributed by atoms with Crippen LogP contribution in [-0.4, -0.2) is 28.9 Å². The van der Waals surface area contributed by atoms with E-state index in [1.807, 2.05) is 0 Å². The summed E-state index contributed by atoms with van der Waals surface area (Å²) in [5, 5.41) is 9.45. The fraction of sp³-hybridized carbons (Fsp3) is 0.583. The Morgan fingerprint density at radius 1 is 1.50 bits per heavy atom. The second kappa shape index (κ2) is 4.76. The highest BCUT2D eigenvalue weighted by Gasteiger charge is 2.38. The molecule has 1 heterocycles. The van der Waals surface area contributed by atoms with Crippen LogP contribution in [0.5, 0.6) is 0 Å². The molecule has 0 bridgehead atoms. The van der Waals surface area contributed by atoms with Crippen molar-refractivity contribution >= 4 is 5.82 Å². The van der Waals surface area contributed by atoms with Gasteiger partial charge in [0.1, 0.15) is 12.4 Å². The Morgan fingerprint density at radius 3 is 2.67 bits per heavy atom. The molecule has 0 aliphatic heterocycles. The molecule has 18 heavy (non-hydrogen) atoms. The maximum Gasteiger partial charge on any atom is 0.405 e. The van der Waals surface area contributed by atoms with Crippen LogP contribution in [0.1, 0.15) is 31.4 Å². The lowest BCUT2D eigenvalue weighted by atomic mass is 10.1. The highest BCUT2D eigenvalue weighted by Crippen LogP contribution is 2.34. The smallest absolute Gasteiger partial charge is 0.389 e. The predicted molar refractivity (Wildman–Crippen MR) is 61.3 cm³/mol. The van der Waals surface area contributed by atoms with Crippen molar-refractivity contribution in [3.8, 4) is 0 Å². The van der Waals surface area contributed by atoms with Crippen molar-refractivity contribution in [2.45, 2.75) is 38.1 Å². The molecule has 0 unspecified atom stereocenters. The van der Waals surface area contributed by atoms with Gasteiger partial charge < -0.3 is 10.0 Å². The quantitative estimate of drug-likeness (QED) is 0.904. The molecule has 0 saturated heterocycles. The molecule has 0 radical (unpaired) electrons. The number of aliphatic hydroxyl groups is 1. The number of alkyl halides is 3. The van der Waals surface area contributed by atoms with Crippen molar-refractivity contribution in [3.05, 3.63) is 23.9 Å². The normalized spacial score (nSPS) is 17.6. The molecule has 1 aliphatic rings. The maximum absolute atomic E-state index is 12.5. The number of anilines is 1. The largest absolute Gasteiger partial charge is 0.405 e. The molecule has 1 saturated carbocycles. The van der Waals surface area contributed by atoms with Crippen LogP contribution in [0.25, 0.3) is 0 Å². The molecule has 2 rings (SSSR count). The van der Waals surface area contributed by atoms with Crippen LogP contribution in [0, 0.1) is 0 Å². The minimum atomic E-state index is -4.24. The number of rotatable bonds is 4. The number of nitrogens with zero attached hydrogens (tertiary/aromatic N) is 2. The standard InChI is InChI=1S/C12H15F3N2O/c1-8(18)9-4-5-16-11(6-9)17(10-2-3-10)7-12(13,14)15/h4-6,8,10,18H,2-3,7H2,1H3/t8-/m1/s1. The Balaban J connectivity index is 2.22. The number of hydrogen-bond donors (Lipinski definition) is 1. The van der Waals surface area contributed by atoms with Gasteiger partial charge in [0.25, 0.3) is 0 Å². The summed E-state index contributed by atoms with van der Waals surface area (Å²) < 4.78 is 37.6. The fourth-order valence-corrected chi connectivity index (χ4v) is 1.83. The first kappa shape index (κ1) is 13.1. The zero-order valence-corrected chi connectivity index (χ0v) is 9.98. The van der Waals surface area contributed by atoms with Gasteiger partial charge in [0.15, 0.2) is 0 Å². The Kier molecular flexibility index (Phi) is 3.47. The SMILES string of the molecule is C[C@@H](O)c1ccnc(N(CC(F)(F)F)C2CC2)c1. The molecule has 100 valence electrons. The lowest BCUT2D eigenvalue weighted by Crippen LogP contribution is -2.36. The van der Waals surface area contributed by atoms with Crippen LogP contribution in [0.4, 0.5) is 19.0 Å². The second-order valence-electron chi connectivity index (χ2n) is 4.60. The van der Waals surface area contributed by atoms with E-state index in [4.69, 9.17) is 0 Å². The highest BCUT2D eigenvalue weighted by molar-refractivity contribution is 5.44. The van der Waals surface area contributed by atoms with Crippen LogP contribution in [0.3, 0.4) is 0 Å². The van der Waals surface area contributed by atoms with Gasteiger partial charge in [0.2, 0.25) is 0 Å². The van der Waals surface area contributed by atoms with E-state index >= 15 is 0 Å². The summed E-state index contributed by atoms with van der Waals surface area (Å²) in [4.78, 5) is 5.25. The van der Waals surface area contributed by atoms with Gasteiger partial charge in [-0.05, 0) is 37.5 Å². The molecule has 0 aromatic carbocycles. The Labute approximate surface area is 103 Å². The zero-order valence-electron chi connectivity index (χ0n) is 9.98. The van der Waals surface area contributed by atoms with Crippen molar-refractivity contribution in [2.75, 3.05) is 11.4 Å². The average Bonchev–Trinajstić information content (AvgIpc) is 3.08. The summed E-state index contributed by atoms with van der Waals surface area (Å²) in [7, 11) is 0. The van der Waals surface area contributed by atoms with Gasteiger partial charge in [0, 0.05) is 12.2 Å². The van der Waals surface area contributed by atoms with Crippen molar-refractivity contribution < 1.29 is 18.3 Å². The van der Waals surface area contributed by atoms with Gasteiger partial charge in [-0.2, -0.15) is 13.2 Å². The minimum Gasteiger partial charge on any atom is -0.389 e. The zero-order chi connectivity index (χ0) is 13.3. The highest BCUT2D eigenvalue weighted by atomic mass is 19.4. The molecule has 0 spiro atoms. The maximum atomic E-state index is 12.5. The van der Waals surface area contributed by atoms with E-state index in [0.29, 0.717) is 5.56 Å². The molecule has 1 atom stereocenters. The van der Waals surface area contributed by atoms with Crippen LogP contribution < -0.4 is 4.90 Å². The molecule has 1 aromatic rings. The van der Waals surface area contributed by atoms with E-state index in [9.17, 15) is 18.3 Å². The van der Waals surface area contributed by atoms with Crippen molar-refractivity contribution in [1.82, 2.24) is 4.98 Å². The minimum absolute atomic E-state index is 0.0802. The van der Waals surface area contributed by atoms with E-state index in [0.717, 1.165) is 12.8 Å². The summed E-state index contributed by atoms with van der Waals surface area (Å²) in [5.41, 5.74) is 0.577. The third-order valence-corrected chi connectivity index (χ3v) is 2.88. The lowest BCUT2D eigenvalue weighted by molar-refractivity contribution is -0.120. The van der Waals surface area contributed by atoms with E-state index in [2.05, 4.69) is 4.98 Å². The van der Waals surface area contributed by atoms with Gasteiger partial charge in [-0.3, -0.25) is 0 Å². The summed E-state index contributed by atoms with van der Waals surface area (Å²) in [6.45, 7) is 0.582. The second-order valence-corrected chi connectivity index (χ2v) is 4.60. The van der Waals surface area contributed by atoms with Crippen molar-refractivity contribution in [3.63, 3.8) is 0 Å². The first-order valence-electron chi connectivity index (χ1n) is 5.84. The molecule has 1 aromatic heterocycles. The van der Waals surface area contributed by atoms with Crippen molar-refractivity contribution in [1.29, 1.82) is 0 Å². The van der Waals surface area contributed by atoms with E-state index in [1.165, 1.54) is 17.2 Å². The Morgan fingerprint density at radius 2 is 2.17 bits per heavy atom. The summed E-state index contributed by atoms with van der Waals surface area (Å²) in [6.07, 6.45) is -2.00. The number of hydrogen-bond acceptors (Lipinski definition) is 3. The summed E-state index contributed by atoms with van der Waals surface area (Å²) in [6, 6.07) is 3.05. The van der Waals surface area contributed by atoms with Crippen LogP contribution >= 0.6 is 0 Å². The van der Waals surface area contributed by atoms with Gasteiger partial charge >= 0.3 is 6.18 Å². The molecule has 0 amide bonds. The van der Waals surface area contributed by atoms with Crippen molar-refractivity contribution in [2.24, 2.45) is 0 Å². The Bertz CT molecular complexity index is 416. The number of pyridine rings is 1. The van der Waals surface area contributed by atoms with Crippen LogP contribution in [0.15, 0.2) is 18.3 Å². The Hall–Kier alpha value is -1.30. The van der Waals surface area contributed by atoms with Crippen LogP contribution in [-0.2, 0) is 0 Å². The van der Waals surface area contributed by atoms with Gasteiger partial charge in [-0.1, -0.05) is 0 Å². The fourth-order valence-electron chi connectivity index (χ4n) is 1.83. The summed E-state index contributed by atoms with van der Waals surface area (Å²) in [5.74, 6) is 0.285. The summed E-state index contributed by atoms with van der Waals surface area (Å²) >= 11 is 0. The number of aliphatic hydroxyl groups excluding tert-OH is 1. The molecule has 1 aliphatic carbocycles. The van der Waals surface area contributed by atoms with Crippen LogP contribution in [0.2, 0.25) is 0 Å². The first-order valence-corrected chi connectivity index (χ1v) is 5.84. The molecular formula is C12H15F3N2O. The van der Waals surface area contributed by atoms with Gasteiger partial charge in [-0.15, -0.1) is 0 Å². The third kappa shape index (κ3) is 3.35. The first-order chi connectivity index (χ1) is 8.37. The molecule has 6 heteroatoms. The number of aromatic nitrogens is 1. The van der Waals surface area contributed by atoms with Gasteiger partial charge in [0.05, 0.1) is 6.10 Å². The molecule has 1 fully saturated rings. The molecular weight excluding hydrogens is 245 g/mol. The molecule has 1 N–H and O–H groups in total. The van der Waals surface area contributed by atoms with E-state index in [1.54, 1.807) is 13.0 Å². The average molecular weight is 260 g/mol. The van der Waals surface area contributed by atoms with E-state index in [-0.39, 0.29) is 11.9 Å². The lowest BCUT2D eigenvalue weighted by Gasteiger charge is -2.25. The van der Waals surface area contributed by atoms with Gasteiger partial charge in [-0.25, -0.2) is 4.98 Å². The third-order valence-electron chi connectivity index (χ3n) is 2.88. The monoisotopic (exact) mass is 260 g/mol. The number of halogens is 3. The molecule has 3 nitrogen and oxygen atoms in total. The van der Waals surface area contributed by atoms with E-state index < -0.39 is 18.8 Å².